The summed E-state index contributed by atoms with van der Waals surface area (Å²) >= 11 is 11.7. The molecular weight excluding hydrogens is 343 g/mol. The molecule has 0 aromatic carbocycles. The van der Waals surface area contributed by atoms with Crippen molar-refractivity contribution < 1.29 is 14.6 Å². The van der Waals surface area contributed by atoms with Crippen molar-refractivity contribution in [3.63, 3.8) is 0 Å². The number of rotatable bonds is 3. The summed E-state index contributed by atoms with van der Waals surface area (Å²) in [6.45, 7) is 5.79. The fraction of sp³-hybridized carbons (Fsp3) is 0.643. The lowest BCUT2D eigenvalue weighted by molar-refractivity contribution is 0.0507. The molecule has 1 amide bonds. The van der Waals surface area contributed by atoms with Gasteiger partial charge >= 0.3 is 6.09 Å². The molecule has 2 heterocycles. The maximum atomic E-state index is 11.9. The predicted molar refractivity (Wildman–Crippen MR) is 88.0 cm³/mol. The highest BCUT2D eigenvalue weighted by Crippen LogP contribution is 2.27. The number of halogens is 2. The minimum Gasteiger partial charge on any atom is -0.444 e. The van der Waals surface area contributed by atoms with Gasteiger partial charge < -0.3 is 20.1 Å². The van der Waals surface area contributed by atoms with Gasteiger partial charge in [0.2, 0.25) is 5.28 Å². The van der Waals surface area contributed by atoms with E-state index in [2.05, 4.69) is 15.3 Å². The first kappa shape index (κ1) is 18.0. The van der Waals surface area contributed by atoms with Gasteiger partial charge in [0.05, 0.1) is 18.7 Å². The molecule has 9 heteroatoms. The fourth-order valence-electron chi connectivity index (χ4n) is 2.48. The highest BCUT2D eigenvalue weighted by atomic mass is 35.5. The van der Waals surface area contributed by atoms with E-state index in [0.717, 1.165) is 0 Å². The van der Waals surface area contributed by atoms with Crippen LogP contribution in [0.25, 0.3) is 0 Å². The number of amides is 1. The van der Waals surface area contributed by atoms with Gasteiger partial charge in [0, 0.05) is 12.6 Å². The molecule has 2 rings (SSSR count). The van der Waals surface area contributed by atoms with Crippen LogP contribution in [-0.4, -0.2) is 52.0 Å². The van der Waals surface area contributed by atoms with Crippen molar-refractivity contribution >= 4 is 35.1 Å². The number of carbonyl (C=O) groups excluding carboxylic acids is 1. The topological polar surface area (TPSA) is 87.6 Å². The lowest BCUT2D eigenvalue weighted by Crippen LogP contribution is -2.40. The molecule has 23 heavy (non-hydrogen) atoms. The Morgan fingerprint density at radius 2 is 2.17 bits per heavy atom. The zero-order valence-electron chi connectivity index (χ0n) is 13.2. The van der Waals surface area contributed by atoms with Crippen LogP contribution in [0.5, 0.6) is 0 Å². The highest BCUT2D eigenvalue weighted by molar-refractivity contribution is 6.32. The van der Waals surface area contributed by atoms with Crippen molar-refractivity contribution in [2.24, 2.45) is 0 Å². The molecule has 1 saturated heterocycles. The number of aliphatic hydroxyl groups excluding tert-OH is 1. The standard InChI is InChI=1S/C14H20Cl2N4O3/c1-14(2,3)23-13(22)17-8-4-9(7-21)20(6-8)11-5-10(15)18-12(16)19-11/h5,8-9,21H,4,6-7H2,1-3H3,(H,17,22)/t8-,9+/m0/s1. The molecule has 2 N–H and O–H groups in total. The second kappa shape index (κ2) is 7.07. The Balaban J connectivity index is 2.07. The molecule has 0 radical (unpaired) electrons. The number of aliphatic hydroxyl groups is 1. The van der Waals surface area contributed by atoms with E-state index < -0.39 is 11.7 Å². The lowest BCUT2D eigenvalue weighted by Gasteiger charge is -2.24. The van der Waals surface area contributed by atoms with E-state index in [1.54, 1.807) is 26.8 Å². The molecule has 1 aromatic rings. The van der Waals surface area contributed by atoms with E-state index in [1.807, 2.05) is 4.90 Å². The SMILES string of the molecule is CC(C)(C)OC(=O)N[C@H]1C[C@H](CO)N(c2cc(Cl)nc(Cl)n2)C1. The molecule has 0 bridgehead atoms. The lowest BCUT2D eigenvalue weighted by atomic mass is 10.2. The smallest absolute Gasteiger partial charge is 0.407 e. The van der Waals surface area contributed by atoms with Crippen LogP contribution in [0, 0.1) is 0 Å². The predicted octanol–water partition coefficient (Wildman–Crippen LogP) is 2.25. The van der Waals surface area contributed by atoms with Crippen LogP contribution in [0.1, 0.15) is 27.2 Å². The monoisotopic (exact) mass is 362 g/mol. The normalized spacial score (nSPS) is 21.4. The Morgan fingerprint density at radius 3 is 2.74 bits per heavy atom. The van der Waals surface area contributed by atoms with Crippen LogP contribution in [0.4, 0.5) is 10.6 Å². The molecule has 0 aliphatic carbocycles. The van der Waals surface area contributed by atoms with Crippen molar-refractivity contribution in [1.29, 1.82) is 0 Å². The second-order valence-corrected chi connectivity index (χ2v) is 7.11. The number of nitrogens with zero attached hydrogens (tertiary/aromatic N) is 3. The van der Waals surface area contributed by atoms with E-state index in [4.69, 9.17) is 27.9 Å². The van der Waals surface area contributed by atoms with E-state index in [0.29, 0.717) is 18.8 Å². The Labute approximate surface area is 144 Å². The highest BCUT2D eigenvalue weighted by Gasteiger charge is 2.34. The van der Waals surface area contributed by atoms with Gasteiger partial charge in [-0.15, -0.1) is 0 Å². The molecule has 0 spiro atoms. The maximum Gasteiger partial charge on any atom is 0.407 e. The summed E-state index contributed by atoms with van der Waals surface area (Å²) in [5.74, 6) is 0.516. The first-order chi connectivity index (χ1) is 10.7. The molecule has 1 aliphatic rings. The quantitative estimate of drug-likeness (QED) is 0.633. The van der Waals surface area contributed by atoms with Gasteiger partial charge in [0.15, 0.2) is 0 Å². The molecule has 7 nitrogen and oxygen atoms in total. The van der Waals surface area contributed by atoms with Crippen molar-refractivity contribution in [2.75, 3.05) is 18.1 Å². The number of aromatic nitrogens is 2. The second-order valence-electron chi connectivity index (χ2n) is 6.39. The van der Waals surface area contributed by atoms with Gasteiger partial charge in [-0.3, -0.25) is 0 Å². The molecule has 128 valence electrons. The van der Waals surface area contributed by atoms with E-state index >= 15 is 0 Å². The zero-order chi connectivity index (χ0) is 17.2. The van der Waals surface area contributed by atoms with Crippen LogP contribution >= 0.6 is 23.2 Å². The Kier molecular flexibility index (Phi) is 5.54. The summed E-state index contributed by atoms with van der Waals surface area (Å²) in [4.78, 5) is 21.7. The van der Waals surface area contributed by atoms with Crippen LogP contribution < -0.4 is 10.2 Å². The third-order valence-electron chi connectivity index (χ3n) is 3.29. The van der Waals surface area contributed by atoms with Crippen LogP contribution in [-0.2, 0) is 4.74 Å². The Bertz CT molecular complexity index is 559. The maximum absolute atomic E-state index is 11.9. The summed E-state index contributed by atoms with van der Waals surface area (Å²) in [5.41, 5.74) is -0.563. The molecule has 1 aliphatic heterocycles. The number of alkyl carbamates (subject to hydrolysis) is 1. The van der Waals surface area contributed by atoms with Crippen LogP contribution in [0.2, 0.25) is 10.4 Å². The average molecular weight is 363 g/mol. The number of hydrogen-bond acceptors (Lipinski definition) is 6. The first-order valence-corrected chi connectivity index (χ1v) is 8.00. The average Bonchev–Trinajstić information content (AvgIpc) is 2.78. The third kappa shape index (κ3) is 5.09. The number of ether oxygens (including phenoxy) is 1. The van der Waals surface area contributed by atoms with Crippen molar-refractivity contribution in [2.45, 2.75) is 44.9 Å². The minimum atomic E-state index is -0.563. The van der Waals surface area contributed by atoms with Crippen molar-refractivity contribution in [1.82, 2.24) is 15.3 Å². The molecular formula is C14H20Cl2N4O3. The first-order valence-electron chi connectivity index (χ1n) is 7.25. The fourth-order valence-corrected chi connectivity index (χ4v) is 2.87. The number of anilines is 1. The largest absolute Gasteiger partial charge is 0.444 e. The number of nitrogens with one attached hydrogen (secondary N) is 1. The van der Waals surface area contributed by atoms with Crippen molar-refractivity contribution in [3.8, 4) is 0 Å². The van der Waals surface area contributed by atoms with E-state index in [9.17, 15) is 9.90 Å². The number of carbonyl (C=O) groups is 1. The molecule has 1 fully saturated rings. The van der Waals surface area contributed by atoms with Gasteiger partial charge in [-0.1, -0.05) is 11.6 Å². The summed E-state index contributed by atoms with van der Waals surface area (Å²) in [6.07, 6.45) is 0.0782. The van der Waals surface area contributed by atoms with Gasteiger partial charge in [-0.25, -0.2) is 14.8 Å². The Hall–Kier alpha value is -1.31. The molecule has 2 atom stereocenters. The molecule has 0 saturated carbocycles. The number of hydrogen-bond donors (Lipinski definition) is 2. The van der Waals surface area contributed by atoms with Gasteiger partial charge in [0.1, 0.15) is 16.6 Å². The van der Waals surface area contributed by atoms with Gasteiger partial charge in [-0.05, 0) is 38.8 Å². The molecule has 0 unspecified atom stereocenters. The van der Waals surface area contributed by atoms with Gasteiger partial charge in [0.25, 0.3) is 0 Å². The zero-order valence-corrected chi connectivity index (χ0v) is 14.7. The summed E-state index contributed by atoms with van der Waals surface area (Å²) in [5, 5.41) is 12.6. The van der Waals surface area contributed by atoms with E-state index in [1.165, 1.54) is 0 Å². The van der Waals surface area contributed by atoms with Crippen LogP contribution in [0.15, 0.2) is 6.07 Å². The van der Waals surface area contributed by atoms with Crippen molar-refractivity contribution in [3.05, 3.63) is 16.5 Å². The third-order valence-corrected chi connectivity index (χ3v) is 3.66. The summed E-state index contributed by atoms with van der Waals surface area (Å²) < 4.78 is 5.25. The summed E-state index contributed by atoms with van der Waals surface area (Å²) in [7, 11) is 0. The van der Waals surface area contributed by atoms with E-state index in [-0.39, 0.29) is 29.1 Å². The van der Waals surface area contributed by atoms with Gasteiger partial charge in [-0.2, -0.15) is 0 Å². The Morgan fingerprint density at radius 1 is 1.48 bits per heavy atom. The molecule has 1 aromatic heterocycles. The minimum absolute atomic E-state index is 0.0349. The summed E-state index contributed by atoms with van der Waals surface area (Å²) in [6, 6.07) is 1.21. The van der Waals surface area contributed by atoms with Crippen LogP contribution in [0.3, 0.4) is 0 Å².